The third-order valence-electron chi connectivity index (χ3n) is 3.51. The van der Waals surface area contributed by atoms with E-state index in [1.54, 1.807) is 12.3 Å². The number of nitrogens with one attached hydrogen (secondary N) is 2. The molecular weight excluding hydrogens is 380 g/mol. The molecule has 6 heteroatoms. The molecular formula is C19H17BrN4O. The highest BCUT2D eigenvalue weighted by Crippen LogP contribution is 2.16. The molecule has 0 aliphatic heterocycles. The Morgan fingerprint density at radius 3 is 2.68 bits per heavy atom. The van der Waals surface area contributed by atoms with Crippen molar-refractivity contribution in [3.8, 4) is 0 Å². The minimum atomic E-state index is -0.272. The van der Waals surface area contributed by atoms with Gasteiger partial charge in [-0.25, -0.2) is 9.97 Å². The summed E-state index contributed by atoms with van der Waals surface area (Å²) in [5.41, 5.74) is 2.26. The van der Waals surface area contributed by atoms with Gasteiger partial charge in [0, 0.05) is 22.9 Å². The predicted octanol–water partition coefficient (Wildman–Crippen LogP) is 4.15. The second kappa shape index (κ2) is 8.39. The summed E-state index contributed by atoms with van der Waals surface area (Å²) in [6.07, 6.45) is 2.44. The van der Waals surface area contributed by atoms with Crippen molar-refractivity contribution in [3.05, 3.63) is 82.6 Å². The number of amides is 1. The van der Waals surface area contributed by atoms with Crippen molar-refractivity contribution in [1.82, 2.24) is 9.97 Å². The van der Waals surface area contributed by atoms with Crippen molar-refractivity contribution in [2.75, 3.05) is 17.2 Å². The van der Waals surface area contributed by atoms with Crippen LogP contribution in [0.15, 0.2) is 71.3 Å². The fraction of sp³-hybridized carbons (Fsp3) is 0.105. The van der Waals surface area contributed by atoms with Gasteiger partial charge >= 0.3 is 0 Å². The average Bonchev–Trinajstić information content (AvgIpc) is 2.63. The van der Waals surface area contributed by atoms with E-state index in [2.05, 4.69) is 48.7 Å². The van der Waals surface area contributed by atoms with Gasteiger partial charge in [-0.1, -0.05) is 52.3 Å². The molecule has 5 nitrogen and oxygen atoms in total. The van der Waals surface area contributed by atoms with Gasteiger partial charge in [0.15, 0.2) is 0 Å². The molecule has 0 unspecified atom stereocenters. The van der Waals surface area contributed by atoms with E-state index in [4.69, 9.17) is 0 Å². The lowest BCUT2D eigenvalue weighted by atomic mass is 10.1. The minimum absolute atomic E-state index is 0.272. The zero-order valence-electron chi connectivity index (χ0n) is 13.4. The van der Waals surface area contributed by atoms with Crippen molar-refractivity contribution < 1.29 is 4.79 Å². The van der Waals surface area contributed by atoms with Crippen molar-refractivity contribution in [2.24, 2.45) is 0 Å². The standard InChI is InChI=1S/C19H17BrN4O/c20-15-7-4-8-16(13-15)23-18(25)17-10-12-22-19(24-17)21-11-9-14-5-2-1-3-6-14/h1-8,10,12-13H,9,11H2,(H,23,25)(H,21,22,24). The molecule has 3 aromatic rings. The molecule has 0 atom stereocenters. The maximum Gasteiger partial charge on any atom is 0.274 e. The maximum absolute atomic E-state index is 12.3. The summed E-state index contributed by atoms with van der Waals surface area (Å²) in [5.74, 6) is 0.171. The van der Waals surface area contributed by atoms with Crippen LogP contribution in [0.25, 0.3) is 0 Å². The second-order valence-electron chi connectivity index (χ2n) is 5.39. The number of aromatic nitrogens is 2. The molecule has 0 saturated carbocycles. The largest absolute Gasteiger partial charge is 0.354 e. The lowest BCUT2D eigenvalue weighted by Gasteiger charge is -2.08. The van der Waals surface area contributed by atoms with Crippen LogP contribution in [0.3, 0.4) is 0 Å². The van der Waals surface area contributed by atoms with Crippen molar-refractivity contribution in [3.63, 3.8) is 0 Å². The van der Waals surface area contributed by atoms with Crippen LogP contribution < -0.4 is 10.6 Å². The van der Waals surface area contributed by atoms with E-state index in [1.807, 2.05) is 42.5 Å². The highest BCUT2D eigenvalue weighted by molar-refractivity contribution is 9.10. The fourth-order valence-electron chi connectivity index (χ4n) is 2.30. The first kappa shape index (κ1) is 17.1. The Bertz CT molecular complexity index is 855. The molecule has 0 bridgehead atoms. The number of anilines is 2. The molecule has 0 radical (unpaired) electrons. The van der Waals surface area contributed by atoms with Crippen LogP contribution in [-0.2, 0) is 6.42 Å². The Kier molecular flexibility index (Phi) is 5.74. The van der Waals surface area contributed by atoms with E-state index in [0.717, 1.165) is 10.9 Å². The fourth-order valence-corrected chi connectivity index (χ4v) is 2.69. The van der Waals surface area contributed by atoms with Gasteiger partial charge in [0.25, 0.3) is 5.91 Å². The van der Waals surface area contributed by atoms with Crippen LogP contribution in [0.1, 0.15) is 16.1 Å². The minimum Gasteiger partial charge on any atom is -0.354 e. The quantitative estimate of drug-likeness (QED) is 0.656. The van der Waals surface area contributed by atoms with Gasteiger partial charge in [0.05, 0.1) is 0 Å². The van der Waals surface area contributed by atoms with E-state index in [9.17, 15) is 4.79 Å². The Balaban J connectivity index is 1.59. The number of nitrogens with zero attached hydrogens (tertiary/aromatic N) is 2. The van der Waals surface area contributed by atoms with Crippen molar-refractivity contribution in [2.45, 2.75) is 6.42 Å². The molecule has 0 spiro atoms. The second-order valence-corrected chi connectivity index (χ2v) is 6.31. The first-order chi connectivity index (χ1) is 12.2. The van der Waals surface area contributed by atoms with Crippen LogP contribution in [0.4, 0.5) is 11.6 Å². The number of halogens is 1. The lowest BCUT2D eigenvalue weighted by Crippen LogP contribution is -2.16. The molecule has 2 N–H and O–H groups in total. The first-order valence-corrected chi connectivity index (χ1v) is 8.68. The summed E-state index contributed by atoms with van der Waals surface area (Å²) >= 11 is 3.38. The van der Waals surface area contributed by atoms with Crippen molar-refractivity contribution >= 4 is 33.5 Å². The number of hydrogen-bond donors (Lipinski definition) is 2. The summed E-state index contributed by atoms with van der Waals surface area (Å²) in [5, 5.41) is 5.97. The molecule has 1 aromatic heterocycles. The summed E-state index contributed by atoms with van der Waals surface area (Å²) in [6.45, 7) is 0.695. The lowest BCUT2D eigenvalue weighted by molar-refractivity contribution is 0.102. The van der Waals surface area contributed by atoms with Crippen LogP contribution >= 0.6 is 15.9 Å². The molecule has 126 valence electrons. The van der Waals surface area contributed by atoms with E-state index < -0.39 is 0 Å². The maximum atomic E-state index is 12.3. The topological polar surface area (TPSA) is 66.9 Å². The number of hydrogen-bond acceptors (Lipinski definition) is 4. The number of carbonyl (C=O) groups is 1. The Morgan fingerprint density at radius 1 is 1.04 bits per heavy atom. The van der Waals surface area contributed by atoms with E-state index in [1.165, 1.54) is 5.56 Å². The summed E-state index contributed by atoms with van der Waals surface area (Å²) < 4.78 is 0.899. The van der Waals surface area contributed by atoms with Crippen molar-refractivity contribution in [1.29, 1.82) is 0 Å². The zero-order chi connectivity index (χ0) is 17.5. The Morgan fingerprint density at radius 2 is 1.88 bits per heavy atom. The third kappa shape index (κ3) is 5.12. The van der Waals surface area contributed by atoms with Gasteiger partial charge in [-0.15, -0.1) is 0 Å². The van der Waals surface area contributed by atoms with Crippen LogP contribution in [0.2, 0.25) is 0 Å². The monoisotopic (exact) mass is 396 g/mol. The highest BCUT2D eigenvalue weighted by atomic mass is 79.9. The van der Waals surface area contributed by atoms with Crippen LogP contribution in [0, 0.1) is 0 Å². The smallest absolute Gasteiger partial charge is 0.274 e. The molecule has 2 aromatic carbocycles. The van der Waals surface area contributed by atoms with Crippen LogP contribution in [0.5, 0.6) is 0 Å². The predicted molar refractivity (Wildman–Crippen MR) is 103 cm³/mol. The number of rotatable bonds is 6. The number of benzene rings is 2. The van der Waals surface area contributed by atoms with Crippen LogP contribution in [-0.4, -0.2) is 22.4 Å². The normalized spacial score (nSPS) is 10.3. The Hall–Kier alpha value is -2.73. The molecule has 3 rings (SSSR count). The third-order valence-corrected chi connectivity index (χ3v) is 4.00. The van der Waals surface area contributed by atoms with Gasteiger partial charge in [-0.2, -0.15) is 0 Å². The molecule has 0 saturated heterocycles. The van der Waals surface area contributed by atoms with E-state index in [-0.39, 0.29) is 5.91 Å². The molecule has 1 heterocycles. The SMILES string of the molecule is O=C(Nc1cccc(Br)c1)c1ccnc(NCCc2ccccc2)n1. The molecule has 0 fully saturated rings. The highest BCUT2D eigenvalue weighted by Gasteiger charge is 2.09. The first-order valence-electron chi connectivity index (χ1n) is 7.88. The average molecular weight is 397 g/mol. The van der Waals surface area contributed by atoms with Gasteiger partial charge in [0.1, 0.15) is 5.69 Å². The van der Waals surface area contributed by atoms with Gasteiger partial charge in [-0.3, -0.25) is 4.79 Å². The number of carbonyl (C=O) groups excluding carboxylic acids is 1. The summed E-state index contributed by atoms with van der Waals surface area (Å²) in [6, 6.07) is 19.2. The Labute approximate surface area is 154 Å². The van der Waals surface area contributed by atoms with E-state index in [0.29, 0.717) is 23.9 Å². The molecule has 0 aliphatic carbocycles. The van der Waals surface area contributed by atoms with Gasteiger partial charge < -0.3 is 10.6 Å². The van der Waals surface area contributed by atoms with Gasteiger partial charge in [-0.05, 0) is 36.2 Å². The summed E-state index contributed by atoms with van der Waals surface area (Å²) in [4.78, 5) is 20.8. The van der Waals surface area contributed by atoms with E-state index >= 15 is 0 Å². The van der Waals surface area contributed by atoms with Gasteiger partial charge in [0.2, 0.25) is 5.95 Å². The zero-order valence-corrected chi connectivity index (χ0v) is 15.0. The molecule has 0 aliphatic rings. The molecule has 1 amide bonds. The molecule has 25 heavy (non-hydrogen) atoms. The summed E-state index contributed by atoms with van der Waals surface area (Å²) in [7, 11) is 0.